The fourth-order valence-corrected chi connectivity index (χ4v) is 1.34. The first-order chi connectivity index (χ1) is 7.52. The molecule has 5 nitrogen and oxygen atoms in total. The van der Waals surface area contributed by atoms with Crippen molar-refractivity contribution in [3.8, 4) is 12.3 Å². The van der Waals surface area contributed by atoms with Gasteiger partial charge in [0.15, 0.2) is 0 Å². The SMILES string of the molecule is C#CCNCC(=O)NC(CC)(CC)C(=O)O. The predicted octanol–water partition coefficient (Wildman–Crippen LogP) is -0.0312. The summed E-state index contributed by atoms with van der Waals surface area (Å²) in [4.78, 5) is 22.5. The Bertz CT molecular complexity index is 290. The summed E-state index contributed by atoms with van der Waals surface area (Å²) in [6.07, 6.45) is 5.70. The van der Waals surface area contributed by atoms with Crippen LogP contribution in [0.25, 0.3) is 0 Å². The number of carbonyl (C=O) groups excluding carboxylic acids is 1. The molecule has 0 unspecified atom stereocenters. The van der Waals surface area contributed by atoms with Crippen molar-refractivity contribution in [3.05, 3.63) is 0 Å². The van der Waals surface area contributed by atoms with Crippen LogP contribution < -0.4 is 10.6 Å². The van der Waals surface area contributed by atoms with E-state index in [-0.39, 0.29) is 19.0 Å². The Balaban J connectivity index is 4.36. The van der Waals surface area contributed by atoms with Crippen molar-refractivity contribution in [1.82, 2.24) is 10.6 Å². The van der Waals surface area contributed by atoms with E-state index < -0.39 is 11.5 Å². The molecule has 0 fully saturated rings. The van der Waals surface area contributed by atoms with Gasteiger partial charge in [0.05, 0.1) is 13.1 Å². The van der Waals surface area contributed by atoms with Crippen LogP contribution in [0.4, 0.5) is 0 Å². The van der Waals surface area contributed by atoms with E-state index in [1.165, 1.54) is 0 Å². The van der Waals surface area contributed by atoms with Crippen LogP contribution in [-0.2, 0) is 9.59 Å². The van der Waals surface area contributed by atoms with E-state index in [0.29, 0.717) is 12.8 Å². The van der Waals surface area contributed by atoms with Gasteiger partial charge in [-0.1, -0.05) is 19.8 Å². The van der Waals surface area contributed by atoms with Crippen LogP contribution in [0.15, 0.2) is 0 Å². The minimum atomic E-state index is -1.17. The van der Waals surface area contributed by atoms with E-state index in [1.54, 1.807) is 13.8 Å². The van der Waals surface area contributed by atoms with Gasteiger partial charge >= 0.3 is 5.97 Å². The fourth-order valence-electron chi connectivity index (χ4n) is 1.34. The molecular formula is C11H18N2O3. The maximum absolute atomic E-state index is 11.5. The Morgan fingerprint density at radius 1 is 1.38 bits per heavy atom. The third kappa shape index (κ3) is 3.91. The number of terminal acetylenes is 1. The summed E-state index contributed by atoms with van der Waals surface area (Å²) in [5, 5.41) is 14.3. The molecule has 1 amide bonds. The van der Waals surface area contributed by atoms with Crippen molar-refractivity contribution in [2.24, 2.45) is 0 Å². The molecule has 90 valence electrons. The zero-order valence-electron chi connectivity index (χ0n) is 9.67. The maximum atomic E-state index is 11.5. The van der Waals surface area contributed by atoms with Gasteiger partial charge in [-0.25, -0.2) is 4.79 Å². The molecule has 0 rings (SSSR count). The molecule has 0 aromatic heterocycles. The number of aliphatic carboxylic acids is 1. The van der Waals surface area contributed by atoms with Crippen molar-refractivity contribution in [2.75, 3.05) is 13.1 Å². The topological polar surface area (TPSA) is 78.4 Å². The van der Waals surface area contributed by atoms with E-state index in [0.717, 1.165) is 0 Å². The van der Waals surface area contributed by atoms with Gasteiger partial charge in [0.2, 0.25) is 5.91 Å². The molecule has 3 N–H and O–H groups in total. The first kappa shape index (κ1) is 14.5. The highest BCUT2D eigenvalue weighted by Gasteiger charge is 2.35. The first-order valence-corrected chi connectivity index (χ1v) is 5.21. The summed E-state index contributed by atoms with van der Waals surface area (Å²) < 4.78 is 0. The van der Waals surface area contributed by atoms with E-state index in [9.17, 15) is 9.59 Å². The van der Waals surface area contributed by atoms with Crippen molar-refractivity contribution in [1.29, 1.82) is 0 Å². The molecule has 0 aliphatic rings. The molecule has 5 heteroatoms. The highest BCUT2D eigenvalue weighted by molar-refractivity contribution is 5.87. The molecule has 0 saturated carbocycles. The lowest BCUT2D eigenvalue weighted by Gasteiger charge is -2.28. The predicted molar refractivity (Wildman–Crippen MR) is 60.8 cm³/mol. The van der Waals surface area contributed by atoms with E-state index in [1.807, 2.05) is 0 Å². The Labute approximate surface area is 95.6 Å². The maximum Gasteiger partial charge on any atom is 0.329 e. The summed E-state index contributed by atoms with van der Waals surface area (Å²) in [6, 6.07) is 0. The average Bonchev–Trinajstić information content (AvgIpc) is 2.26. The Morgan fingerprint density at radius 3 is 2.31 bits per heavy atom. The number of hydrogen-bond acceptors (Lipinski definition) is 3. The fraction of sp³-hybridized carbons (Fsp3) is 0.636. The van der Waals surface area contributed by atoms with Crippen molar-refractivity contribution >= 4 is 11.9 Å². The second-order valence-electron chi connectivity index (χ2n) is 3.45. The van der Waals surface area contributed by atoms with E-state index in [2.05, 4.69) is 16.6 Å². The second kappa shape index (κ2) is 6.85. The normalized spacial score (nSPS) is 10.6. The minimum absolute atomic E-state index is 0.0270. The minimum Gasteiger partial charge on any atom is -0.480 e. The Kier molecular flexibility index (Phi) is 6.19. The van der Waals surface area contributed by atoms with Gasteiger partial charge in [0.1, 0.15) is 5.54 Å². The van der Waals surface area contributed by atoms with Crippen molar-refractivity contribution in [3.63, 3.8) is 0 Å². The van der Waals surface area contributed by atoms with Crippen LogP contribution in [0.3, 0.4) is 0 Å². The first-order valence-electron chi connectivity index (χ1n) is 5.21. The quantitative estimate of drug-likeness (QED) is 0.421. The standard InChI is InChI=1S/C11H18N2O3/c1-4-7-12-8-9(14)13-11(5-2,6-3)10(15)16/h1,12H,5-8H2,2-3H3,(H,13,14)(H,15,16). The lowest BCUT2D eigenvalue weighted by Crippen LogP contribution is -2.55. The third-order valence-corrected chi connectivity index (χ3v) is 2.51. The van der Waals surface area contributed by atoms with Gasteiger partial charge in [-0.3, -0.25) is 10.1 Å². The number of nitrogens with one attached hydrogen (secondary N) is 2. The number of amides is 1. The largest absolute Gasteiger partial charge is 0.480 e. The van der Waals surface area contributed by atoms with Gasteiger partial charge < -0.3 is 10.4 Å². The number of carboxylic acids is 1. The van der Waals surface area contributed by atoms with Gasteiger partial charge in [0.25, 0.3) is 0 Å². The molecule has 0 bridgehead atoms. The highest BCUT2D eigenvalue weighted by Crippen LogP contribution is 2.14. The number of hydrogen-bond donors (Lipinski definition) is 3. The van der Waals surface area contributed by atoms with Gasteiger partial charge in [-0.15, -0.1) is 6.42 Å². The molecule has 0 radical (unpaired) electrons. The molecule has 0 atom stereocenters. The van der Waals surface area contributed by atoms with E-state index in [4.69, 9.17) is 11.5 Å². The number of carboxylic acid groups (broad SMARTS) is 1. The summed E-state index contributed by atoms with van der Waals surface area (Å²) in [6.45, 7) is 3.77. The number of rotatable bonds is 7. The van der Waals surface area contributed by atoms with Crippen LogP contribution in [0, 0.1) is 12.3 Å². The molecule has 0 spiro atoms. The summed E-state index contributed by atoms with van der Waals surface area (Å²) in [5.41, 5.74) is -1.17. The molecule has 0 aromatic carbocycles. The monoisotopic (exact) mass is 226 g/mol. The molecule has 0 saturated heterocycles. The van der Waals surface area contributed by atoms with Gasteiger partial charge in [-0.2, -0.15) is 0 Å². The summed E-state index contributed by atoms with van der Waals surface area (Å²) in [7, 11) is 0. The Morgan fingerprint density at radius 2 is 1.94 bits per heavy atom. The van der Waals surface area contributed by atoms with Crippen molar-refractivity contribution in [2.45, 2.75) is 32.2 Å². The smallest absolute Gasteiger partial charge is 0.329 e. The zero-order chi connectivity index (χ0) is 12.6. The summed E-state index contributed by atoms with van der Waals surface area (Å²) >= 11 is 0. The second-order valence-corrected chi connectivity index (χ2v) is 3.45. The van der Waals surface area contributed by atoms with Crippen molar-refractivity contribution < 1.29 is 14.7 Å². The molecule has 0 aromatic rings. The Hall–Kier alpha value is -1.54. The van der Waals surface area contributed by atoms with Crippen LogP contribution in [-0.4, -0.2) is 35.6 Å². The van der Waals surface area contributed by atoms with Gasteiger partial charge in [0, 0.05) is 0 Å². The molecule has 0 aliphatic carbocycles. The average molecular weight is 226 g/mol. The molecule has 0 heterocycles. The molecule has 0 aliphatic heterocycles. The third-order valence-electron chi connectivity index (χ3n) is 2.51. The van der Waals surface area contributed by atoms with Crippen LogP contribution in [0.1, 0.15) is 26.7 Å². The lowest BCUT2D eigenvalue weighted by molar-refractivity contribution is -0.147. The molecule has 16 heavy (non-hydrogen) atoms. The lowest BCUT2D eigenvalue weighted by atomic mass is 9.93. The van der Waals surface area contributed by atoms with Crippen LogP contribution >= 0.6 is 0 Å². The molecular weight excluding hydrogens is 208 g/mol. The van der Waals surface area contributed by atoms with Crippen LogP contribution in [0.2, 0.25) is 0 Å². The van der Waals surface area contributed by atoms with Crippen LogP contribution in [0.5, 0.6) is 0 Å². The highest BCUT2D eigenvalue weighted by atomic mass is 16.4. The van der Waals surface area contributed by atoms with E-state index >= 15 is 0 Å². The zero-order valence-corrected chi connectivity index (χ0v) is 9.67. The van der Waals surface area contributed by atoms with Gasteiger partial charge in [-0.05, 0) is 12.8 Å². The number of carbonyl (C=O) groups is 2. The summed E-state index contributed by atoms with van der Waals surface area (Å²) in [5.74, 6) is 0.958.